The monoisotopic (exact) mass is 425 g/mol. The first-order chi connectivity index (χ1) is 14.5. The third-order valence-electron chi connectivity index (χ3n) is 5.39. The zero-order chi connectivity index (χ0) is 21.5. The molecule has 0 saturated carbocycles. The second-order valence-corrected chi connectivity index (χ2v) is 8.31. The summed E-state index contributed by atoms with van der Waals surface area (Å²) in [6, 6.07) is 15.9. The molecule has 30 heavy (non-hydrogen) atoms. The first kappa shape index (κ1) is 22.1. The average Bonchev–Trinajstić information content (AvgIpc) is 2.74. The van der Waals surface area contributed by atoms with Gasteiger partial charge in [0, 0.05) is 24.5 Å². The molecule has 2 atom stereocenters. The molecule has 0 bridgehead atoms. The molecule has 160 valence electrons. The third-order valence-corrected chi connectivity index (χ3v) is 5.61. The van der Waals surface area contributed by atoms with Gasteiger partial charge < -0.3 is 20.3 Å². The van der Waals surface area contributed by atoms with E-state index in [4.69, 9.17) is 17.0 Å². The van der Waals surface area contributed by atoms with Gasteiger partial charge in [-0.3, -0.25) is 0 Å². The lowest BCUT2D eigenvalue weighted by Crippen LogP contribution is -2.34. The van der Waals surface area contributed by atoms with Gasteiger partial charge in [-0.1, -0.05) is 25.1 Å². The highest BCUT2D eigenvalue weighted by Gasteiger charge is 2.17. The fourth-order valence-corrected chi connectivity index (χ4v) is 4.08. The number of carbonyl (C=O) groups excluding carboxylic acids is 1. The van der Waals surface area contributed by atoms with Crippen LogP contribution in [-0.2, 0) is 4.74 Å². The number of piperidine rings is 1. The maximum atomic E-state index is 11.9. The molecule has 0 aliphatic carbocycles. The van der Waals surface area contributed by atoms with Crippen molar-refractivity contribution in [2.24, 2.45) is 5.92 Å². The van der Waals surface area contributed by atoms with E-state index in [-0.39, 0.29) is 12.0 Å². The molecule has 1 fully saturated rings. The number of anilines is 2. The summed E-state index contributed by atoms with van der Waals surface area (Å²) in [6.45, 7) is 8.82. The molecular weight excluding hydrogens is 394 g/mol. The molecule has 0 radical (unpaired) electrons. The Kier molecular flexibility index (Phi) is 7.69. The van der Waals surface area contributed by atoms with Crippen LogP contribution in [0.15, 0.2) is 48.5 Å². The summed E-state index contributed by atoms with van der Waals surface area (Å²) in [4.78, 5) is 14.4. The van der Waals surface area contributed by atoms with Crippen molar-refractivity contribution in [3.05, 3.63) is 59.7 Å². The summed E-state index contributed by atoms with van der Waals surface area (Å²) in [7, 11) is 0. The van der Waals surface area contributed by atoms with Crippen molar-refractivity contribution in [1.82, 2.24) is 5.32 Å². The molecule has 2 N–H and O–H groups in total. The number of nitrogens with one attached hydrogen (secondary N) is 2. The van der Waals surface area contributed by atoms with Crippen LogP contribution in [-0.4, -0.2) is 30.8 Å². The van der Waals surface area contributed by atoms with Crippen LogP contribution in [0.3, 0.4) is 0 Å². The van der Waals surface area contributed by atoms with Gasteiger partial charge in [-0.05, 0) is 80.7 Å². The minimum atomic E-state index is -0.336. The van der Waals surface area contributed by atoms with E-state index >= 15 is 0 Å². The summed E-state index contributed by atoms with van der Waals surface area (Å²) >= 11 is 5.47. The number of benzene rings is 2. The second kappa shape index (κ2) is 10.4. The lowest BCUT2D eigenvalue weighted by atomic mass is 9.99. The summed E-state index contributed by atoms with van der Waals surface area (Å²) in [5, 5.41) is 6.98. The lowest BCUT2D eigenvalue weighted by molar-refractivity contribution is 0.0526. The second-order valence-electron chi connectivity index (χ2n) is 7.91. The highest BCUT2D eigenvalue weighted by Crippen LogP contribution is 2.24. The predicted octanol–water partition coefficient (Wildman–Crippen LogP) is 5.15. The van der Waals surface area contributed by atoms with Gasteiger partial charge in [0.25, 0.3) is 0 Å². The van der Waals surface area contributed by atoms with Crippen molar-refractivity contribution in [3.63, 3.8) is 0 Å². The van der Waals surface area contributed by atoms with Crippen LogP contribution < -0.4 is 15.5 Å². The molecule has 0 unspecified atom stereocenters. The number of carbonyl (C=O) groups is 1. The Bertz CT molecular complexity index is 869. The quantitative estimate of drug-likeness (QED) is 0.493. The molecule has 2 aromatic carbocycles. The van der Waals surface area contributed by atoms with E-state index in [1.54, 1.807) is 25.1 Å². The Morgan fingerprint density at radius 1 is 1.27 bits per heavy atom. The first-order valence-corrected chi connectivity index (χ1v) is 11.1. The van der Waals surface area contributed by atoms with Gasteiger partial charge in [-0.15, -0.1) is 0 Å². The van der Waals surface area contributed by atoms with Crippen molar-refractivity contribution in [2.75, 3.05) is 29.9 Å². The Morgan fingerprint density at radius 3 is 2.73 bits per heavy atom. The van der Waals surface area contributed by atoms with Gasteiger partial charge >= 0.3 is 5.97 Å². The molecule has 5 nitrogen and oxygen atoms in total. The molecule has 0 aromatic heterocycles. The minimum Gasteiger partial charge on any atom is -0.462 e. The first-order valence-electron chi connectivity index (χ1n) is 10.7. The molecule has 1 aliphatic rings. The normalized spacial score (nSPS) is 17.2. The Morgan fingerprint density at radius 2 is 2.03 bits per heavy atom. The van der Waals surface area contributed by atoms with Crippen molar-refractivity contribution in [1.29, 1.82) is 0 Å². The van der Waals surface area contributed by atoms with Crippen molar-refractivity contribution >= 4 is 34.7 Å². The minimum absolute atomic E-state index is 0.0626. The highest BCUT2D eigenvalue weighted by molar-refractivity contribution is 7.80. The molecule has 6 heteroatoms. The summed E-state index contributed by atoms with van der Waals surface area (Å²) < 4.78 is 5.05. The maximum Gasteiger partial charge on any atom is 0.338 e. The molecule has 0 spiro atoms. The third kappa shape index (κ3) is 5.95. The summed E-state index contributed by atoms with van der Waals surface area (Å²) in [6.07, 6.45) is 2.58. The van der Waals surface area contributed by atoms with Gasteiger partial charge in [0.1, 0.15) is 0 Å². The van der Waals surface area contributed by atoms with E-state index in [9.17, 15) is 4.79 Å². The van der Waals surface area contributed by atoms with Gasteiger partial charge in [0.2, 0.25) is 0 Å². The zero-order valence-corrected chi connectivity index (χ0v) is 18.8. The average molecular weight is 426 g/mol. The number of nitrogens with zero attached hydrogens (tertiary/aromatic N) is 1. The summed E-state index contributed by atoms with van der Waals surface area (Å²) in [5.74, 6) is 0.418. The van der Waals surface area contributed by atoms with Gasteiger partial charge in [-0.25, -0.2) is 4.79 Å². The molecule has 2 aromatic rings. The zero-order valence-electron chi connectivity index (χ0n) is 18.0. The van der Waals surface area contributed by atoms with Crippen molar-refractivity contribution < 1.29 is 9.53 Å². The van der Waals surface area contributed by atoms with Crippen LogP contribution in [0.2, 0.25) is 0 Å². The molecule has 1 heterocycles. The van der Waals surface area contributed by atoms with E-state index in [1.807, 2.05) is 6.07 Å². The van der Waals surface area contributed by atoms with Crippen LogP contribution in [0.5, 0.6) is 0 Å². The van der Waals surface area contributed by atoms with Crippen LogP contribution in [0.1, 0.15) is 55.6 Å². The summed E-state index contributed by atoms with van der Waals surface area (Å²) in [5.41, 5.74) is 3.71. The highest BCUT2D eigenvalue weighted by atomic mass is 32.1. The Hall–Kier alpha value is -2.60. The van der Waals surface area contributed by atoms with Crippen LogP contribution in [0, 0.1) is 5.92 Å². The van der Waals surface area contributed by atoms with E-state index in [0.29, 0.717) is 17.3 Å². The standard InChI is InChI=1S/C24H31N3O2S/c1-4-29-23(28)20-8-5-9-21(15-20)26-24(30)25-18(3)19-10-12-22(13-11-19)27-14-6-7-17(2)16-27/h5,8-13,15,17-18H,4,6-7,14,16H2,1-3H3,(H2,25,26,30)/t17-,18+/m1/s1. The smallest absolute Gasteiger partial charge is 0.338 e. The van der Waals surface area contributed by atoms with Gasteiger partial charge in [0.15, 0.2) is 5.11 Å². The van der Waals surface area contributed by atoms with Gasteiger partial charge in [0.05, 0.1) is 18.2 Å². The Labute approximate surface area is 184 Å². The largest absolute Gasteiger partial charge is 0.462 e. The Balaban J connectivity index is 1.56. The molecule has 3 rings (SSSR count). The van der Waals surface area contributed by atoms with Crippen molar-refractivity contribution in [3.8, 4) is 0 Å². The van der Waals surface area contributed by atoms with Gasteiger partial charge in [-0.2, -0.15) is 0 Å². The van der Waals surface area contributed by atoms with E-state index in [2.05, 4.69) is 53.6 Å². The number of thiocarbonyl (C=S) groups is 1. The van der Waals surface area contributed by atoms with E-state index < -0.39 is 0 Å². The molecule has 1 saturated heterocycles. The molecule has 0 amide bonds. The van der Waals surface area contributed by atoms with Crippen LogP contribution in [0.4, 0.5) is 11.4 Å². The number of ether oxygens (including phenoxy) is 1. The predicted molar refractivity (Wildman–Crippen MR) is 127 cm³/mol. The number of hydrogen-bond acceptors (Lipinski definition) is 4. The topological polar surface area (TPSA) is 53.6 Å². The van der Waals surface area contributed by atoms with E-state index in [1.165, 1.54) is 24.1 Å². The fourth-order valence-electron chi connectivity index (χ4n) is 3.78. The molecular formula is C24H31N3O2S. The lowest BCUT2D eigenvalue weighted by Gasteiger charge is -2.33. The van der Waals surface area contributed by atoms with Crippen LogP contribution in [0.25, 0.3) is 0 Å². The molecule has 1 aliphatic heterocycles. The number of rotatable bonds is 6. The van der Waals surface area contributed by atoms with Crippen molar-refractivity contribution in [2.45, 2.75) is 39.7 Å². The maximum absolute atomic E-state index is 11.9. The number of esters is 1. The SMILES string of the molecule is CCOC(=O)c1cccc(NC(=S)N[C@@H](C)c2ccc(N3CCC[C@@H](C)C3)cc2)c1. The van der Waals surface area contributed by atoms with Crippen LogP contribution >= 0.6 is 12.2 Å². The van der Waals surface area contributed by atoms with E-state index in [0.717, 1.165) is 24.7 Å². The fraction of sp³-hybridized carbons (Fsp3) is 0.417. The number of hydrogen-bond donors (Lipinski definition) is 2.